The number of nitrogens with zero attached hydrogens (tertiary/aromatic N) is 4. The van der Waals surface area contributed by atoms with E-state index in [-0.39, 0.29) is 6.10 Å². The molecule has 1 aliphatic heterocycles. The minimum absolute atomic E-state index is 0.132. The SMILES string of the molecule is CC(C)Oc1cc(N2CCN(CCCCN)CC2)ncn1. The molecule has 0 aromatic carbocycles. The standard InChI is InChI=1S/C15H27N5O/c1-13(2)21-15-11-14(17-12-18-15)20-9-7-19(8-10-20)6-4-3-5-16/h11-13H,3-10,16H2,1-2H3. The van der Waals surface area contributed by atoms with E-state index < -0.39 is 0 Å². The fourth-order valence-corrected chi connectivity index (χ4v) is 2.49. The number of anilines is 1. The number of nitrogens with two attached hydrogens (primary N) is 1. The van der Waals surface area contributed by atoms with Crippen LogP contribution in [0.3, 0.4) is 0 Å². The third kappa shape index (κ3) is 5.13. The van der Waals surface area contributed by atoms with Gasteiger partial charge in [-0.2, -0.15) is 0 Å². The number of ether oxygens (including phenoxy) is 1. The van der Waals surface area contributed by atoms with Crippen molar-refractivity contribution in [2.45, 2.75) is 32.8 Å². The molecule has 2 N–H and O–H groups in total. The summed E-state index contributed by atoms with van der Waals surface area (Å²) in [4.78, 5) is 13.3. The second-order valence-corrected chi connectivity index (χ2v) is 5.71. The van der Waals surface area contributed by atoms with Crippen LogP contribution in [0.25, 0.3) is 0 Å². The third-order valence-electron chi connectivity index (χ3n) is 3.61. The highest BCUT2D eigenvalue weighted by Crippen LogP contribution is 2.18. The van der Waals surface area contributed by atoms with Crippen molar-refractivity contribution >= 4 is 5.82 Å². The Morgan fingerprint density at radius 1 is 1.19 bits per heavy atom. The van der Waals surface area contributed by atoms with Crippen LogP contribution in [-0.2, 0) is 0 Å². The van der Waals surface area contributed by atoms with Gasteiger partial charge in [0.2, 0.25) is 5.88 Å². The van der Waals surface area contributed by atoms with Crippen molar-refractivity contribution in [1.29, 1.82) is 0 Å². The molecule has 1 aliphatic rings. The summed E-state index contributed by atoms with van der Waals surface area (Å²) in [6, 6.07) is 1.93. The van der Waals surface area contributed by atoms with Gasteiger partial charge in [-0.05, 0) is 39.8 Å². The lowest BCUT2D eigenvalue weighted by Gasteiger charge is -2.35. The second-order valence-electron chi connectivity index (χ2n) is 5.71. The number of hydrogen-bond acceptors (Lipinski definition) is 6. The molecule has 1 aromatic rings. The maximum Gasteiger partial charge on any atom is 0.218 e. The summed E-state index contributed by atoms with van der Waals surface area (Å²) in [5.74, 6) is 1.61. The Morgan fingerprint density at radius 3 is 2.62 bits per heavy atom. The molecule has 0 aliphatic carbocycles. The molecule has 0 radical (unpaired) electrons. The van der Waals surface area contributed by atoms with Crippen molar-refractivity contribution in [3.05, 3.63) is 12.4 Å². The molecule has 1 saturated heterocycles. The van der Waals surface area contributed by atoms with Gasteiger partial charge in [-0.1, -0.05) is 0 Å². The highest BCUT2D eigenvalue weighted by molar-refractivity contribution is 5.41. The number of unbranched alkanes of at least 4 members (excludes halogenated alkanes) is 1. The monoisotopic (exact) mass is 293 g/mol. The Bertz CT molecular complexity index is 418. The molecule has 0 amide bonds. The van der Waals surface area contributed by atoms with Gasteiger partial charge < -0.3 is 15.4 Å². The maximum atomic E-state index is 5.63. The first kappa shape index (κ1) is 16.0. The van der Waals surface area contributed by atoms with Crippen molar-refractivity contribution in [2.75, 3.05) is 44.2 Å². The molecular weight excluding hydrogens is 266 g/mol. The summed E-state index contributed by atoms with van der Waals surface area (Å²) in [5.41, 5.74) is 5.54. The summed E-state index contributed by atoms with van der Waals surface area (Å²) in [6.07, 6.45) is 4.02. The van der Waals surface area contributed by atoms with Crippen LogP contribution >= 0.6 is 0 Å². The lowest BCUT2D eigenvalue weighted by Crippen LogP contribution is -2.47. The van der Waals surface area contributed by atoms with Gasteiger partial charge in [-0.15, -0.1) is 0 Å². The zero-order valence-corrected chi connectivity index (χ0v) is 13.2. The van der Waals surface area contributed by atoms with Crippen molar-refractivity contribution in [2.24, 2.45) is 5.73 Å². The number of hydrogen-bond donors (Lipinski definition) is 1. The van der Waals surface area contributed by atoms with Gasteiger partial charge in [-0.25, -0.2) is 9.97 Å². The Kier molecular flexibility index (Phi) is 6.20. The molecule has 21 heavy (non-hydrogen) atoms. The van der Waals surface area contributed by atoms with Crippen LogP contribution in [0.15, 0.2) is 12.4 Å². The van der Waals surface area contributed by atoms with Crippen LogP contribution in [0, 0.1) is 0 Å². The molecule has 1 fully saturated rings. The van der Waals surface area contributed by atoms with Gasteiger partial charge in [0.15, 0.2) is 0 Å². The average molecular weight is 293 g/mol. The van der Waals surface area contributed by atoms with E-state index in [1.165, 1.54) is 6.42 Å². The first-order chi connectivity index (χ1) is 10.2. The lowest BCUT2D eigenvalue weighted by molar-refractivity contribution is 0.231. The third-order valence-corrected chi connectivity index (χ3v) is 3.61. The van der Waals surface area contributed by atoms with Gasteiger partial charge in [0.05, 0.1) is 6.10 Å². The normalized spacial score (nSPS) is 16.5. The predicted molar refractivity (Wildman–Crippen MR) is 84.7 cm³/mol. The van der Waals surface area contributed by atoms with E-state index in [0.29, 0.717) is 5.88 Å². The summed E-state index contributed by atoms with van der Waals surface area (Å²) in [6.45, 7) is 10.1. The summed E-state index contributed by atoms with van der Waals surface area (Å²) >= 11 is 0. The smallest absolute Gasteiger partial charge is 0.218 e. The van der Waals surface area contributed by atoms with Gasteiger partial charge in [0, 0.05) is 32.2 Å². The zero-order chi connectivity index (χ0) is 15.1. The molecular formula is C15H27N5O. The second kappa shape index (κ2) is 8.14. The highest BCUT2D eigenvalue weighted by atomic mass is 16.5. The lowest BCUT2D eigenvalue weighted by atomic mass is 10.2. The Morgan fingerprint density at radius 2 is 1.95 bits per heavy atom. The molecule has 1 aromatic heterocycles. The van der Waals surface area contributed by atoms with Crippen LogP contribution < -0.4 is 15.4 Å². The number of rotatable bonds is 7. The van der Waals surface area contributed by atoms with Gasteiger partial charge in [0.25, 0.3) is 0 Å². The van der Waals surface area contributed by atoms with Crippen LogP contribution in [0.4, 0.5) is 5.82 Å². The van der Waals surface area contributed by atoms with Gasteiger partial charge in [0.1, 0.15) is 12.1 Å². The molecule has 118 valence electrons. The molecule has 2 heterocycles. The van der Waals surface area contributed by atoms with Crippen molar-refractivity contribution in [3.8, 4) is 5.88 Å². The summed E-state index contributed by atoms with van der Waals surface area (Å²) in [5, 5.41) is 0. The molecule has 2 rings (SSSR count). The molecule has 6 nitrogen and oxygen atoms in total. The van der Waals surface area contributed by atoms with E-state index in [9.17, 15) is 0 Å². The van der Waals surface area contributed by atoms with E-state index in [1.54, 1.807) is 6.33 Å². The van der Waals surface area contributed by atoms with Crippen molar-refractivity contribution < 1.29 is 4.74 Å². The summed E-state index contributed by atoms with van der Waals surface area (Å²) in [7, 11) is 0. The predicted octanol–water partition coefficient (Wildman–Crippen LogP) is 1.12. The number of piperazine rings is 1. The van der Waals surface area contributed by atoms with Crippen molar-refractivity contribution in [3.63, 3.8) is 0 Å². The Hall–Kier alpha value is -1.40. The Labute approximate surface area is 127 Å². The molecule has 0 saturated carbocycles. The van der Waals surface area contributed by atoms with Gasteiger partial charge >= 0.3 is 0 Å². The van der Waals surface area contributed by atoms with Crippen LogP contribution in [0.2, 0.25) is 0 Å². The Balaban J connectivity index is 1.84. The number of aromatic nitrogens is 2. The van der Waals surface area contributed by atoms with E-state index in [2.05, 4.69) is 19.8 Å². The van der Waals surface area contributed by atoms with Crippen LogP contribution in [0.1, 0.15) is 26.7 Å². The van der Waals surface area contributed by atoms with E-state index >= 15 is 0 Å². The molecule has 0 atom stereocenters. The highest BCUT2D eigenvalue weighted by Gasteiger charge is 2.18. The van der Waals surface area contributed by atoms with Crippen LogP contribution in [-0.4, -0.2) is 60.2 Å². The molecule has 0 bridgehead atoms. The maximum absolute atomic E-state index is 5.63. The fraction of sp³-hybridized carbons (Fsp3) is 0.733. The van der Waals surface area contributed by atoms with Crippen LogP contribution in [0.5, 0.6) is 5.88 Å². The minimum Gasteiger partial charge on any atom is -0.475 e. The first-order valence-corrected chi connectivity index (χ1v) is 7.85. The summed E-state index contributed by atoms with van der Waals surface area (Å²) < 4.78 is 5.63. The average Bonchev–Trinajstić information content (AvgIpc) is 2.48. The molecule has 0 unspecified atom stereocenters. The zero-order valence-electron chi connectivity index (χ0n) is 13.2. The largest absolute Gasteiger partial charge is 0.475 e. The van der Waals surface area contributed by atoms with E-state index in [0.717, 1.165) is 51.5 Å². The quantitative estimate of drug-likeness (QED) is 0.760. The fourth-order valence-electron chi connectivity index (χ4n) is 2.49. The molecule has 0 spiro atoms. The van der Waals surface area contributed by atoms with E-state index in [1.807, 2.05) is 19.9 Å². The molecule has 6 heteroatoms. The minimum atomic E-state index is 0.132. The topological polar surface area (TPSA) is 67.5 Å². The van der Waals surface area contributed by atoms with Crippen molar-refractivity contribution in [1.82, 2.24) is 14.9 Å². The van der Waals surface area contributed by atoms with Gasteiger partial charge in [-0.3, -0.25) is 4.90 Å². The van der Waals surface area contributed by atoms with E-state index in [4.69, 9.17) is 10.5 Å². The first-order valence-electron chi connectivity index (χ1n) is 7.85.